The fraction of sp³-hybridized carbons (Fsp3) is 0.111. The van der Waals surface area contributed by atoms with Gasteiger partial charge in [0, 0.05) is 30.9 Å². The van der Waals surface area contributed by atoms with Crippen LogP contribution in [0.2, 0.25) is 0 Å². The van der Waals surface area contributed by atoms with Crippen LogP contribution >= 0.6 is 0 Å². The Morgan fingerprint density at radius 3 is 2.32 bits per heavy atom. The molecule has 0 spiro atoms. The summed E-state index contributed by atoms with van der Waals surface area (Å²) in [6.45, 7) is -0.417. The number of fused-ring (bicyclic) bond motifs is 1. The fourth-order valence-corrected chi connectivity index (χ4v) is 3.39. The lowest BCUT2D eigenvalue weighted by molar-refractivity contribution is -0.119. The minimum Gasteiger partial charge on any atom is -0.452 e. The van der Waals surface area contributed by atoms with Gasteiger partial charge in [-0.1, -0.05) is 48.5 Å². The maximum Gasteiger partial charge on any atom is 0.340 e. The van der Waals surface area contributed by atoms with Crippen LogP contribution in [-0.2, 0) is 9.53 Å². The van der Waals surface area contributed by atoms with Crippen LogP contribution in [0.5, 0.6) is 0 Å². The number of carbonyl (C=O) groups is 2. The Bertz CT molecular complexity index is 1340. The van der Waals surface area contributed by atoms with Crippen molar-refractivity contribution < 1.29 is 14.3 Å². The van der Waals surface area contributed by atoms with Crippen molar-refractivity contribution in [1.82, 2.24) is 0 Å². The van der Waals surface area contributed by atoms with E-state index in [-0.39, 0.29) is 5.56 Å². The van der Waals surface area contributed by atoms with Gasteiger partial charge >= 0.3 is 5.97 Å². The van der Waals surface area contributed by atoms with Gasteiger partial charge in [-0.25, -0.2) is 4.79 Å². The van der Waals surface area contributed by atoms with Crippen LogP contribution in [0, 0.1) is 0 Å². The van der Waals surface area contributed by atoms with Gasteiger partial charge in [0.15, 0.2) is 6.61 Å². The van der Waals surface area contributed by atoms with Gasteiger partial charge in [0.1, 0.15) is 5.69 Å². The molecule has 0 aromatic heterocycles. The van der Waals surface area contributed by atoms with E-state index in [0.717, 1.165) is 16.5 Å². The number of hydrogen-bond donors (Lipinski definition) is 1. The molecule has 1 amide bonds. The summed E-state index contributed by atoms with van der Waals surface area (Å²) in [6.07, 6.45) is 0. The summed E-state index contributed by atoms with van der Waals surface area (Å²) in [5.74, 6) is -1.07. The van der Waals surface area contributed by atoms with Crippen molar-refractivity contribution in [2.24, 2.45) is 10.2 Å². The lowest BCUT2D eigenvalue weighted by Gasteiger charge is -2.11. The summed E-state index contributed by atoms with van der Waals surface area (Å²) in [6, 6.07) is 27.6. The maximum absolute atomic E-state index is 12.7. The lowest BCUT2D eigenvalue weighted by Crippen LogP contribution is -2.21. The van der Waals surface area contributed by atoms with Crippen molar-refractivity contribution >= 4 is 45.4 Å². The number of nitrogens with zero attached hydrogens (tertiary/aromatic N) is 3. The number of anilines is 2. The third kappa shape index (κ3) is 5.45. The molecule has 34 heavy (non-hydrogen) atoms. The van der Waals surface area contributed by atoms with Crippen molar-refractivity contribution in [3.05, 3.63) is 96.6 Å². The van der Waals surface area contributed by atoms with Crippen LogP contribution in [-0.4, -0.2) is 32.6 Å². The van der Waals surface area contributed by atoms with Gasteiger partial charge in [-0.05, 0) is 47.9 Å². The zero-order valence-electron chi connectivity index (χ0n) is 18.9. The van der Waals surface area contributed by atoms with Gasteiger partial charge in [0.2, 0.25) is 0 Å². The molecule has 170 valence electrons. The topological polar surface area (TPSA) is 83.4 Å². The van der Waals surface area contributed by atoms with Crippen LogP contribution in [0.15, 0.2) is 101 Å². The van der Waals surface area contributed by atoms with E-state index in [1.54, 1.807) is 24.3 Å². The molecule has 0 atom stereocenters. The van der Waals surface area contributed by atoms with Gasteiger partial charge in [-0.2, -0.15) is 5.11 Å². The van der Waals surface area contributed by atoms with E-state index in [0.29, 0.717) is 17.1 Å². The van der Waals surface area contributed by atoms with E-state index in [4.69, 9.17) is 4.74 Å². The van der Waals surface area contributed by atoms with Crippen LogP contribution < -0.4 is 10.2 Å². The molecule has 0 saturated heterocycles. The van der Waals surface area contributed by atoms with E-state index in [9.17, 15) is 9.59 Å². The Morgan fingerprint density at radius 2 is 1.53 bits per heavy atom. The molecule has 0 fully saturated rings. The molecule has 1 N–H and O–H groups in total. The van der Waals surface area contributed by atoms with Crippen LogP contribution in [0.25, 0.3) is 10.8 Å². The molecule has 7 heteroatoms. The number of carbonyl (C=O) groups excluding carboxylic acids is 2. The third-order valence-corrected chi connectivity index (χ3v) is 5.16. The van der Waals surface area contributed by atoms with E-state index < -0.39 is 18.5 Å². The van der Waals surface area contributed by atoms with Gasteiger partial charge < -0.3 is 15.0 Å². The SMILES string of the molecule is CN(C)c1ccc(N=Nc2ccccc2C(=O)OCC(=O)Nc2cccc3ccccc23)cc1. The van der Waals surface area contributed by atoms with Gasteiger partial charge in [-0.3, -0.25) is 4.79 Å². The second kappa shape index (κ2) is 10.4. The minimum atomic E-state index is -0.648. The highest BCUT2D eigenvalue weighted by molar-refractivity contribution is 6.03. The van der Waals surface area contributed by atoms with Gasteiger partial charge in [-0.15, -0.1) is 5.11 Å². The maximum atomic E-state index is 12.7. The Hall–Kier alpha value is -4.52. The second-order valence-electron chi connectivity index (χ2n) is 7.78. The smallest absolute Gasteiger partial charge is 0.340 e. The molecule has 4 aromatic rings. The van der Waals surface area contributed by atoms with Crippen LogP contribution in [0.3, 0.4) is 0 Å². The number of amides is 1. The Morgan fingerprint density at radius 1 is 0.824 bits per heavy atom. The Labute approximate surface area is 197 Å². The summed E-state index contributed by atoms with van der Waals surface area (Å²) >= 11 is 0. The number of azo groups is 1. The molecule has 0 bridgehead atoms. The zero-order chi connectivity index (χ0) is 23.9. The quantitative estimate of drug-likeness (QED) is 0.271. The predicted molar refractivity (Wildman–Crippen MR) is 134 cm³/mol. The van der Waals surface area contributed by atoms with Crippen LogP contribution in [0.4, 0.5) is 22.7 Å². The highest BCUT2D eigenvalue weighted by Gasteiger charge is 2.15. The molecule has 4 rings (SSSR count). The molecule has 0 saturated carbocycles. The largest absolute Gasteiger partial charge is 0.452 e. The second-order valence-corrected chi connectivity index (χ2v) is 7.78. The van der Waals surface area contributed by atoms with Crippen molar-refractivity contribution in [2.45, 2.75) is 0 Å². The number of ether oxygens (including phenoxy) is 1. The van der Waals surface area contributed by atoms with Crippen molar-refractivity contribution in [1.29, 1.82) is 0 Å². The highest BCUT2D eigenvalue weighted by Crippen LogP contribution is 2.25. The number of nitrogens with one attached hydrogen (secondary N) is 1. The van der Waals surface area contributed by atoms with Crippen molar-refractivity contribution in [3.63, 3.8) is 0 Å². The van der Waals surface area contributed by atoms with Gasteiger partial charge in [0.05, 0.1) is 11.3 Å². The average molecular weight is 453 g/mol. The number of rotatable bonds is 7. The van der Waals surface area contributed by atoms with Crippen molar-refractivity contribution in [3.8, 4) is 0 Å². The van der Waals surface area contributed by atoms with E-state index in [1.165, 1.54) is 0 Å². The molecule has 0 heterocycles. The Kier molecular flexibility index (Phi) is 6.93. The normalized spacial score (nSPS) is 10.9. The number of hydrogen-bond acceptors (Lipinski definition) is 6. The summed E-state index contributed by atoms with van der Waals surface area (Å²) in [5.41, 5.74) is 2.95. The summed E-state index contributed by atoms with van der Waals surface area (Å²) in [5, 5.41) is 13.2. The first-order valence-electron chi connectivity index (χ1n) is 10.7. The van der Waals surface area contributed by atoms with Crippen LogP contribution in [0.1, 0.15) is 10.4 Å². The molecule has 0 unspecified atom stereocenters. The van der Waals surface area contributed by atoms with E-state index in [2.05, 4.69) is 15.5 Å². The predicted octanol–water partition coefficient (Wildman–Crippen LogP) is 6.12. The summed E-state index contributed by atoms with van der Waals surface area (Å²) in [7, 11) is 3.92. The summed E-state index contributed by atoms with van der Waals surface area (Å²) in [4.78, 5) is 27.1. The first-order chi connectivity index (χ1) is 16.5. The first kappa shape index (κ1) is 22.7. The molecule has 0 radical (unpaired) electrons. The highest BCUT2D eigenvalue weighted by atomic mass is 16.5. The summed E-state index contributed by atoms with van der Waals surface area (Å²) < 4.78 is 5.25. The van der Waals surface area contributed by atoms with E-state index >= 15 is 0 Å². The number of benzene rings is 4. The fourth-order valence-electron chi connectivity index (χ4n) is 3.39. The first-order valence-corrected chi connectivity index (χ1v) is 10.7. The minimum absolute atomic E-state index is 0.231. The molecule has 0 aliphatic carbocycles. The lowest BCUT2D eigenvalue weighted by atomic mass is 10.1. The standard InChI is InChI=1S/C27H24N4O3/c1-31(2)21-16-14-20(15-17-21)29-30-25-12-6-5-11-23(25)27(33)34-18-26(32)28-24-13-7-9-19-8-3-4-10-22(19)24/h3-17H,18H2,1-2H3,(H,28,32). The molecule has 0 aliphatic heterocycles. The molecular formula is C27H24N4O3. The zero-order valence-corrected chi connectivity index (χ0v) is 18.9. The van der Waals surface area contributed by atoms with E-state index in [1.807, 2.05) is 85.7 Å². The molecule has 4 aromatic carbocycles. The number of esters is 1. The van der Waals surface area contributed by atoms with Crippen molar-refractivity contribution in [2.75, 3.05) is 30.9 Å². The average Bonchev–Trinajstić information content (AvgIpc) is 2.86. The molecular weight excluding hydrogens is 428 g/mol. The third-order valence-electron chi connectivity index (χ3n) is 5.16. The molecule has 0 aliphatic rings. The Balaban J connectivity index is 1.41. The van der Waals surface area contributed by atoms with Gasteiger partial charge in [0.25, 0.3) is 5.91 Å². The monoisotopic (exact) mass is 452 g/mol. The molecule has 7 nitrogen and oxygen atoms in total.